The third-order valence-corrected chi connectivity index (χ3v) is 7.44. The predicted octanol–water partition coefficient (Wildman–Crippen LogP) is 5.95. The van der Waals surface area contributed by atoms with Crippen molar-refractivity contribution in [1.29, 1.82) is 0 Å². The minimum Gasteiger partial charge on any atom is -0.385 e. The average Bonchev–Trinajstić information content (AvgIpc) is 3.44. The van der Waals surface area contributed by atoms with E-state index >= 15 is 0 Å². The van der Waals surface area contributed by atoms with E-state index in [0.29, 0.717) is 10.8 Å². The van der Waals surface area contributed by atoms with Crippen LogP contribution in [0.1, 0.15) is 71.2 Å². The molecule has 2 heterocycles. The maximum atomic E-state index is 12.4. The number of rotatable bonds is 14. The Kier molecular flexibility index (Phi) is 11.1. The fourth-order valence-corrected chi connectivity index (χ4v) is 5.44. The van der Waals surface area contributed by atoms with Crippen LogP contribution in [0.15, 0.2) is 15.8 Å². The van der Waals surface area contributed by atoms with Crippen molar-refractivity contribution < 1.29 is 27.5 Å². The minimum atomic E-state index is -5.22. The molecule has 0 fully saturated rings. The maximum Gasteiger partial charge on any atom is 0.491 e. The highest BCUT2D eigenvalue weighted by Crippen LogP contribution is 2.36. The number of unbranched alkanes of at least 4 members (excludes halogenated alkanes) is 4. The van der Waals surface area contributed by atoms with E-state index in [1.165, 1.54) is 50.9 Å². The highest BCUT2D eigenvalue weighted by Gasteiger charge is 2.45. The van der Waals surface area contributed by atoms with E-state index < -0.39 is 22.9 Å². The van der Waals surface area contributed by atoms with Crippen LogP contribution in [-0.2, 0) is 27.2 Å². The molecule has 0 saturated carbocycles. The number of aromatic amines is 1. The summed E-state index contributed by atoms with van der Waals surface area (Å²) in [6, 6.07) is 2.06. The predicted molar refractivity (Wildman–Crippen MR) is 132 cm³/mol. The topological polar surface area (TPSA) is 88.2 Å². The number of thiazole rings is 1. The van der Waals surface area contributed by atoms with E-state index in [2.05, 4.69) is 44.7 Å². The molecule has 0 aliphatic carbocycles. The van der Waals surface area contributed by atoms with Gasteiger partial charge < -0.3 is 9.64 Å². The lowest BCUT2D eigenvalue weighted by Crippen LogP contribution is -2.36. The van der Waals surface area contributed by atoms with Gasteiger partial charge in [-0.1, -0.05) is 51.3 Å². The van der Waals surface area contributed by atoms with Gasteiger partial charge in [0.2, 0.25) is 0 Å². The van der Waals surface area contributed by atoms with E-state index in [9.17, 15) is 22.8 Å². The van der Waals surface area contributed by atoms with E-state index in [-0.39, 0.29) is 0 Å². The van der Waals surface area contributed by atoms with E-state index in [4.69, 9.17) is 0 Å². The lowest BCUT2D eigenvalue weighted by Gasteiger charge is -2.22. The first-order chi connectivity index (χ1) is 16.5. The molecule has 2 rings (SSSR count). The number of ether oxygens (including phenoxy) is 1. The van der Waals surface area contributed by atoms with Gasteiger partial charge in [0, 0.05) is 31.0 Å². The van der Waals surface area contributed by atoms with Gasteiger partial charge in [0.25, 0.3) is 0 Å². The van der Waals surface area contributed by atoms with Gasteiger partial charge in [-0.05, 0) is 26.7 Å². The van der Waals surface area contributed by atoms with Gasteiger partial charge in [0.15, 0.2) is 4.34 Å². The first-order valence-electron chi connectivity index (χ1n) is 11.7. The highest BCUT2D eigenvalue weighted by molar-refractivity contribution is 8.03. The van der Waals surface area contributed by atoms with Crippen molar-refractivity contribution in [2.75, 3.05) is 18.0 Å². The van der Waals surface area contributed by atoms with Crippen LogP contribution in [0.25, 0.3) is 0 Å². The van der Waals surface area contributed by atoms with Crippen molar-refractivity contribution >= 4 is 40.9 Å². The maximum absolute atomic E-state index is 12.4. The summed E-state index contributed by atoms with van der Waals surface area (Å²) in [7, 11) is 0. The number of aryl methyl sites for hydroxylation is 1. The molecule has 0 radical (unpaired) electrons. The Morgan fingerprint density at radius 2 is 1.80 bits per heavy atom. The molecule has 35 heavy (non-hydrogen) atoms. The molecule has 196 valence electrons. The lowest BCUT2D eigenvalue weighted by atomic mass is 10.1. The quantitative estimate of drug-likeness (QED) is 0.139. The number of anilines is 1. The molecule has 1 N–H and O–H groups in total. The van der Waals surface area contributed by atoms with Gasteiger partial charge in [0.1, 0.15) is 10.6 Å². The molecule has 0 unspecified atom stereocenters. The SMILES string of the molecule is CCCCCCCN(CCc1csc(SC(C)(C)C(=O)OC(=O)C(F)(F)F)n1)c1cc(CC)n[nH]1. The highest BCUT2D eigenvalue weighted by atomic mass is 32.2. The summed E-state index contributed by atoms with van der Waals surface area (Å²) in [4.78, 5) is 29.9. The van der Waals surface area contributed by atoms with Crippen LogP contribution in [0, 0.1) is 0 Å². The number of esters is 2. The van der Waals surface area contributed by atoms with Crippen LogP contribution in [0.4, 0.5) is 19.0 Å². The monoisotopic (exact) mass is 534 g/mol. The molecule has 0 atom stereocenters. The summed E-state index contributed by atoms with van der Waals surface area (Å²) in [5, 5.41) is 9.33. The van der Waals surface area contributed by atoms with Crippen LogP contribution >= 0.6 is 23.1 Å². The fourth-order valence-electron chi connectivity index (χ4n) is 3.18. The molecule has 0 bridgehead atoms. The number of hydrogen-bond acceptors (Lipinski definition) is 8. The molecule has 0 spiro atoms. The molecule has 12 heteroatoms. The van der Waals surface area contributed by atoms with Gasteiger partial charge in [0.05, 0.1) is 11.4 Å². The van der Waals surface area contributed by atoms with Crippen molar-refractivity contribution in [2.45, 2.75) is 87.9 Å². The first kappa shape index (κ1) is 29.2. The summed E-state index contributed by atoms with van der Waals surface area (Å²) >= 11 is 2.27. The number of aromatic nitrogens is 3. The Bertz CT molecular complexity index is 960. The summed E-state index contributed by atoms with van der Waals surface area (Å²) < 4.78 is 40.3. The molecule has 2 aromatic rings. The molecular formula is C23H33F3N4O3S2. The zero-order valence-electron chi connectivity index (χ0n) is 20.5. The zero-order chi connectivity index (χ0) is 26.1. The number of carbonyl (C=O) groups is 2. The summed E-state index contributed by atoms with van der Waals surface area (Å²) in [6.45, 7) is 8.66. The number of nitrogens with zero attached hydrogens (tertiary/aromatic N) is 3. The summed E-state index contributed by atoms with van der Waals surface area (Å²) in [5.41, 5.74) is 1.82. The van der Waals surface area contributed by atoms with E-state index in [0.717, 1.165) is 54.9 Å². The Morgan fingerprint density at radius 1 is 1.09 bits per heavy atom. The molecule has 7 nitrogen and oxygen atoms in total. The number of nitrogens with one attached hydrogen (secondary N) is 1. The van der Waals surface area contributed by atoms with Crippen LogP contribution in [0.3, 0.4) is 0 Å². The number of hydrogen-bond donors (Lipinski definition) is 1. The van der Waals surface area contributed by atoms with Gasteiger partial charge in [-0.15, -0.1) is 11.3 Å². The van der Waals surface area contributed by atoms with Gasteiger partial charge >= 0.3 is 18.1 Å². The van der Waals surface area contributed by atoms with Crippen molar-refractivity contribution in [3.8, 4) is 0 Å². The second kappa shape index (κ2) is 13.3. The average molecular weight is 535 g/mol. The van der Waals surface area contributed by atoms with Crippen molar-refractivity contribution in [3.05, 3.63) is 22.8 Å². The Morgan fingerprint density at radius 3 is 2.43 bits per heavy atom. The lowest BCUT2D eigenvalue weighted by molar-refractivity contribution is -0.202. The number of alkyl halides is 3. The van der Waals surface area contributed by atoms with Crippen LogP contribution in [-0.4, -0.2) is 51.1 Å². The molecule has 0 saturated heterocycles. The number of carbonyl (C=O) groups excluding carboxylic acids is 2. The molecule has 0 aromatic carbocycles. The molecule has 0 amide bonds. The first-order valence-corrected chi connectivity index (χ1v) is 13.4. The molecule has 2 aromatic heterocycles. The largest absolute Gasteiger partial charge is 0.491 e. The summed E-state index contributed by atoms with van der Waals surface area (Å²) in [5.74, 6) is -2.81. The van der Waals surface area contributed by atoms with Crippen LogP contribution in [0.2, 0.25) is 0 Å². The third-order valence-electron chi connectivity index (χ3n) is 5.27. The second-order valence-electron chi connectivity index (χ2n) is 8.64. The molecule has 0 aliphatic heterocycles. The van der Waals surface area contributed by atoms with Crippen LogP contribution in [0.5, 0.6) is 0 Å². The normalized spacial score (nSPS) is 12.1. The number of thioether (sulfide) groups is 1. The Labute approximate surface area is 212 Å². The van der Waals surface area contributed by atoms with Crippen molar-refractivity contribution in [3.63, 3.8) is 0 Å². The number of halogens is 3. The van der Waals surface area contributed by atoms with Crippen molar-refractivity contribution in [1.82, 2.24) is 15.2 Å². The van der Waals surface area contributed by atoms with Crippen LogP contribution < -0.4 is 4.90 Å². The molecule has 0 aliphatic rings. The Balaban J connectivity index is 1.97. The van der Waals surface area contributed by atoms with Crippen molar-refractivity contribution in [2.24, 2.45) is 0 Å². The zero-order valence-corrected chi connectivity index (χ0v) is 22.2. The van der Waals surface area contributed by atoms with E-state index in [1.807, 2.05) is 5.38 Å². The van der Waals surface area contributed by atoms with Gasteiger partial charge in [-0.3, -0.25) is 9.89 Å². The third kappa shape index (κ3) is 9.47. The minimum absolute atomic E-state index is 0.516. The smallest absolute Gasteiger partial charge is 0.385 e. The number of H-pyrrole nitrogens is 1. The summed E-state index contributed by atoms with van der Waals surface area (Å²) in [6.07, 6.45) is 2.17. The van der Waals surface area contributed by atoms with Gasteiger partial charge in [-0.25, -0.2) is 9.78 Å². The second-order valence-corrected chi connectivity index (χ2v) is 11.4. The Hall–Kier alpha value is -2.08. The standard InChI is InChI=1S/C23H33F3N4O3S2/c1-5-7-8-9-10-12-30(18-14-16(6-2)28-29-18)13-11-17-15-34-21(27-17)35-22(3,4)19(31)33-20(32)23(24,25)26/h14-15H,5-13H2,1-4H3,(H,28,29). The van der Waals surface area contributed by atoms with E-state index in [1.54, 1.807) is 0 Å². The van der Waals surface area contributed by atoms with Gasteiger partial charge in [-0.2, -0.15) is 18.3 Å². The molecular weight excluding hydrogens is 501 g/mol. The fraction of sp³-hybridized carbons (Fsp3) is 0.652.